The lowest BCUT2D eigenvalue weighted by atomic mass is 10.0. The molecule has 2 heterocycles. The summed E-state index contributed by atoms with van der Waals surface area (Å²) in [7, 11) is 0. The molecule has 2 amide bonds. The molecule has 29 heavy (non-hydrogen) atoms. The van der Waals surface area contributed by atoms with E-state index in [1.807, 2.05) is 60.7 Å². The van der Waals surface area contributed by atoms with Gasteiger partial charge in [0.15, 0.2) is 0 Å². The highest BCUT2D eigenvalue weighted by molar-refractivity contribution is 6.33. The molecule has 1 aliphatic rings. The lowest BCUT2D eigenvalue weighted by Crippen LogP contribution is -2.36. The monoisotopic (exact) mass is 405 g/mol. The van der Waals surface area contributed by atoms with Gasteiger partial charge in [0.1, 0.15) is 0 Å². The SMILES string of the molecule is O=C(N[C@H](c1ccccc1)c1ccccn1)[C@@H]1CC(=O)N(c2ccccc2Cl)C1. The molecule has 1 aliphatic heterocycles. The van der Waals surface area contributed by atoms with Gasteiger partial charge in [0, 0.05) is 19.2 Å². The standard InChI is InChI=1S/C23H20ClN3O2/c24-18-10-4-5-12-20(18)27-15-17(14-21(27)28)23(29)26-22(16-8-2-1-3-9-16)19-11-6-7-13-25-19/h1-13,17,22H,14-15H2,(H,26,29)/t17-,22-/m1/s1. The molecule has 2 atom stereocenters. The Hall–Kier alpha value is -3.18. The summed E-state index contributed by atoms with van der Waals surface area (Å²) in [6, 6.07) is 22.1. The van der Waals surface area contributed by atoms with Crippen LogP contribution < -0.4 is 10.2 Å². The zero-order valence-corrected chi connectivity index (χ0v) is 16.4. The molecule has 0 spiro atoms. The smallest absolute Gasteiger partial charge is 0.227 e. The summed E-state index contributed by atoms with van der Waals surface area (Å²) in [5.41, 5.74) is 2.32. The summed E-state index contributed by atoms with van der Waals surface area (Å²) in [5, 5.41) is 3.58. The first-order chi connectivity index (χ1) is 14.1. The van der Waals surface area contributed by atoms with Crippen LogP contribution in [0.5, 0.6) is 0 Å². The second kappa shape index (κ2) is 8.45. The number of hydrogen-bond acceptors (Lipinski definition) is 3. The number of carbonyl (C=O) groups excluding carboxylic acids is 2. The molecule has 5 nitrogen and oxygen atoms in total. The lowest BCUT2D eigenvalue weighted by molar-refractivity contribution is -0.126. The quantitative estimate of drug-likeness (QED) is 0.698. The number of hydrogen-bond donors (Lipinski definition) is 1. The normalized spacial score (nSPS) is 17.2. The number of halogens is 1. The fourth-order valence-corrected chi connectivity index (χ4v) is 3.80. The van der Waals surface area contributed by atoms with E-state index < -0.39 is 5.92 Å². The van der Waals surface area contributed by atoms with Gasteiger partial charge in [0.25, 0.3) is 0 Å². The molecule has 0 aliphatic carbocycles. The van der Waals surface area contributed by atoms with Crippen molar-refractivity contribution in [1.82, 2.24) is 10.3 Å². The Labute approximate surface area is 174 Å². The average Bonchev–Trinajstić information content (AvgIpc) is 3.15. The van der Waals surface area contributed by atoms with Crippen LogP contribution in [0.4, 0.5) is 5.69 Å². The summed E-state index contributed by atoms with van der Waals surface area (Å²) in [5.74, 6) is -0.728. The van der Waals surface area contributed by atoms with Gasteiger partial charge in [-0.15, -0.1) is 0 Å². The maximum Gasteiger partial charge on any atom is 0.227 e. The third-order valence-corrected chi connectivity index (χ3v) is 5.36. The number of nitrogens with zero attached hydrogens (tertiary/aromatic N) is 2. The van der Waals surface area contributed by atoms with Gasteiger partial charge in [-0.3, -0.25) is 14.6 Å². The largest absolute Gasteiger partial charge is 0.343 e. The van der Waals surface area contributed by atoms with E-state index in [2.05, 4.69) is 10.3 Å². The summed E-state index contributed by atoms with van der Waals surface area (Å²) in [6.07, 6.45) is 1.86. The maximum atomic E-state index is 13.1. The number of anilines is 1. The Morgan fingerprint density at radius 2 is 1.76 bits per heavy atom. The lowest BCUT2D eigenvalue weighted by Gasteiger charge is -2.21. The molecule has 146 valence electrons. The molecule has 1 N–H and O–H groups in total. The Balaban J connectivity index is 1.54. The molecule has 1 fully saturated rings. The van der Waals surface area contributed by atoms with Crippen LogP contribution in [0.1, 0.15) is 23.7 Å². The van der Waals surface area contributed by atoms with Crippen molar-refractivity contribution in [2.75, 3.05) is 11.4 Å². The van der Waals surface area contributed by atoms with Crippen molar-refractivity contribution in [2.45, 2.75) is 12.5 Å². The summed E-state index contributed by atoms with van der Waals surface area (Å²) >= 11 is 6.24. The van der Waals surface area contributed by atoms with Crippen LogP contribution in [0.2, 0.25) is 5.02 Å². The molecular weight excluding hydrogens is 386 g/mol. The van der Waals surface area contributed by atoms with Crippen molar-refractivity contribution in [3.8, 4) is 0 Å². The predicted molar refractivity (Wildman–Crippen MR) is 113 cm³/mol. The molecule has 4 rings (SSSR count). The second-order valence-corrected chi connectivity index (χ2v) is 7.37. The van der Waals surface area contributed by atoms with Crippen molar-refractivity contribution in [3.63, 3.8) is 0 Å². The Bertz CT molecular complexity index is 971. The number of rotatable bonds is 5. The second-order valence-electron chi connectivity index (χ2n) is 6.96. The minimum Gasteiger partial charge on any atom is -0.343 e. The predicted octanol–water partition coefficient (Wildman–Crippen LogP) is 3.99. The van der Waals surface area contributed by atoms with E-state index in [-0.39, 0.29) is 24.3 Å². The first-order valence-corrected chi connectivity index (χ1v) is 9.82. The van der Waals surface area contributed by atoms with Crippen LogP contribution in [0.25, 0.3) is 0 Å². The van der Waals surface area contributed by atoms with Gasteiger partial charge in [-0.05, 0) is 29.8 Å². The highest BCUT2D eigenvalue weighted by Gasteiger charge is 2.36. The number of carbonyl (C=O) groups is 2. The van der Waals surface area contributed by atoms with E-state index in [0.29, 0.717) is 17.3 Å². The van der Waals surface area contributed by atoms with E-state index >= 15 is 0 Å². The van der Waals surface area contributed by atoms with E-state index in [4.69, 9.17) is 11.6 Å². The van der Waals surface area contributed by atoms with Crippen LogP contribution in [0, 0.1) is 5.92 Å². The molecule has 0 radical (unpaired) electrons. The van der Waals surface area contributed by atoms with Crippen molar-refractivity contribution in [2.24, 2.45) is 5.92 Å². The fourth-order valence-electron chi connectivity index (χ4n) is 3.57. The molecule has 3 aromatic rings. The highest BCUT2D eigenvalue weighted by Crippen LogP contribution is 2.31. The van der Waals surface area contributed by atoms with Crippen LogP contribution >= 0.6 is 11.6 Å². The molecule has 0 bridgehead atoms. The number of benzene rings is 2. The molecule has 0 saturated carbocycles. The number of nitrogens with one attached hydrogen (secondary N) is 1. The number of aromatic nitrogens is 1. The van der Waals surface area contributed by atoms with Crippen molar-refractivity contribution < 1.29 is 9.59 Å². The minimum absolute atomic E-state index is 0.104. The minimum atomic E-state index is -0.450. The van der Waals surface area contributed by atoms with E-state index in [1.165, 1.54) is 0 Å². The van der Waals surface area contributed by atoms with Crippen LogP contribution in [-0.4, -0.2) is 23.3 Å². The molecular formula is C23H20ClN3O2. The summed E-state index contributed by atoms with van der Waals surface area (Å²) in [6.45, 7) is 0.304. The van der Waals surface area contributed by atoms with Crippen molar-refractivity contribution >= 4 is 29.1 Å². The van der Waals surface area contributed by atoms with Gasteiger partial charge in [0.2, 0.25) is 11.8 Å². The molecule has 2 aromatic carbocycles. The van der Waals surface area contributed by atoms with Crippen LogP contribution in [0.15, 0.2) is 79.0 Å². The zero-order valence-electron chi connectivity index (χ0n) is 15.7. The van der Waals surface area contributed by atoms with E-state index in [0.717, 1.165) is 11.3 Å². The highest BCUT2D eigenvalue weighted by atomic mass is 35.5. The van der Waals surface area contributed by atoms with Gasteiger partial charge in [-0.25, -0.2) is 0 Å². The maximum absolute atomic E-state index is 13.1. The molecule has 6 heteroatoms. The number of para-hydroxylation sites is 1. The number of amides is 2. The topological polar surface area (TPSA) is 62.3 Å². The molecule has 1 aromatic heterocycles. The van der Waals surface area contributed by atoms with Gasteiger partial charge in [0.05, 0.1) is 28.4 Å². The molecule has 1 saturated heterocycles. The first kappa shape index (κ1) is 19.2. The van der Waals surface area contributed by atoms with Gasteiger partial charge < -0.3 is 10.2 Å². The summed E-state index contributed by atoms with van der Waals surface area (Å²) in [4.78, 5) is 31.6. The Morgan fingerprint density at radius 3 is 2.48 bits per heavy atom. The van der Waals surface area contributed by atoms with Crippen molar-refractivity contribution in [3.05, 3.63) is 95.3 Å². The third kappa shape index (κ3) is 4.15. The zero-order chi connectivity index (χ0) is 20.2. The number of pyridine rings is 1. The van der Waals surface area contributed by atoms with Crippen LogP contribution in [0.3, 0.4) is 0 Å². The third-order valence-electron chi connectivity index (χ3n) is 5.04. The van der Waals surface area contributed by atoms with Gasteiger partial charge in [-0.2, -0.15) is 0 Å². The van der Waals surface area contributed by atoms with Crippen LogP contribution in [-0.2, 0) is 9.59 Å². The fraction of sp³-hybridized carbons (Fsp3) is 0.174. The Morgan fingerprint density at radius 1 is 1.03 bits per heavy atom. The molecule has 0 unspecified atom stereocenters. The van der Waals surface area contributed by atoms with Crippen molar-refractivity contribution in [1.29, 1.82) is 0 Å². The Kier molecular flexibility index (Phi) is 5.58. The van der Waals surface area contributed by atoms with E-state index in [9.17, 15) is 9.59 Å². The average molecular weight is 406 g/mol. The van der Waals surface area contributed by atoms with Gasteiger partial charge in [-0.1, -0.05) is 60.1 Å². The first-order valence-electron chi connectivity index (χ1n) is 9.44. The van der Waals surface area contributed by atoms with E-state index in [1.54, 1.807) is 23.2 Å². The van der Waals surface area contributed by atoms with Gasteiger partial charge >= 0.3 is 0 Å². The summed E-state index contributed by atoms with van der Waals surface area (Å²) < 4.78 is 0.